The third-order valence-corrected chi connectivity index (χ3v) is 5.46. The van der Waals surface area contributed by atoms with Crippen LogP contribution in [-0.2, 0) is 10.0 Å². The van der Waals surface area contributed by atoms with Crippen molar-refractivity contribution in [3.8, 4) is 0 Å². The van der Waals surface area contributed by atoms with E-state index in [0.29, 0.717) is 6.42 Å². The summed E-state index contributed by atoms with van der Waals surface area (Å²) in [6, 6.07) is 11.7. The van der Waals surface area contributed by atoms with Gasteiger partial charge in [-0.05, 0) is 23.9 Å². The fraction of sp³-hybridized carbons (Fsp3) is 0.267. The minimum Gasteiger partial charge on any atom is -0.205 e. The summed E-state index contributed by atoms with van der Waals surface area (Å²) in [6.45, 7) is 2.03. The van der Waals surface area contributed by atoms with E-state index in [2.05, 4.69) is 5.10 Å². The molecule has 2 heterocycles. The van der Waals surface area contributed by atoms with E-state index in [1.165, 1.54) is 16.2 Å². The summed E-state index contributed by atoms with van der Waals surface area (Å²) in [4.78, 5) is 1.02. The monoisotopic (exact) mass is 320 g/mol. The molecule has 2 aromatic rings. The van der Waals surface area contributed by atoms with E-state index in [1.54, 1.807) is 11.3 Å². The second kappa shape index (κ2) is 5.27. The lowest BCUT2D eigenvalue weighted by molar-refractivity contribution is 0.379. The molecule has 4 nitrogen and oxygen atoms in total. The summed E-state index contributed by atoms with van der Waals surface area (Å²) in [5.74, 6) is 0. The Hall–Kier alpha value is -1.66. The van der Waals surface area contributed by atoms with E-state index < -0.39 is 10.0 Å². The molecule has 0 unspecified atom stereocenters. The fourth-order valence-corrected chi connectivity index (χ4v) is 4.18. The average Bonchev–Trinajstić information content (AvgIpc) is 3.07. The number of thiophene rings is 1. The van der Waals surface area contributed by atoms with Gasteiger partial charge in [0.15, 0.2) is 0 Å². The third kappa shape index (κ3) is 2.87. The smallest absolute Gasteiger partial charge is 0.205 e. The van der Waals surface area contributed by atoms with Crippen LogP contribution < -0.4 is 0 Å². The van der Waals surface area contributed by atoms with E-state index in [0.717, 1.165) is 16.2 Å². The summed E-state index contributed by atoms with van der Waals surface area (Å²) in [7, 11) is -3.37. The largest absolute Gasteiger partial charge is 0.247 e. The first-order valence-electron chi connectivity index (χ1n) is 6.62. The minimum absolute atomic E-state index is 0.226. The van der Waals surface area contributed by atoms with Crippen molar-refractivity contribution in [1.82, 2.24) is 4.41 Å². The maximum Gasteiger partial charge on any atom is 0.247 e. The first-order valence-corrected chi connectivity index (χ1v) is 9.35. The molecule has 1 atom stereocenters. The molecule has 0 spiro atoms. The number of aryl methyl sites for hydroxylation is 1. The Kier molecular flexibility index (Phi) is 3.59. The minimum atomic E-state index is -3.37. The number of hydrogen-bond donors (Lipinski definition) is 0. The highest BCUT2D eigenvalue weighted by molar-refractivity contribution is 7.88. The van der Waals surface area contributed by atoms with Crippen LogP contribution in [0.4, 0.5) is 0 Å². The van der Waals surface area contributed by atoms with Crippen LogP contribution in [0.15, 0.2) is 46.9 Å². The van der Waals surface area contributed by atoms with E-state index in [4.69, 9.17) is 0 Å². The Labute approximate surface area is 128 Å². The molecule has 0 saturated carbocycles. The maximum absolute atomic E-state index is 12.0. The highest BCUT2D eigenvalue weighted by Crippen LogP contribution is 2.36. The summed E-state index contributed by atoms with van der Waals surface area (Å²) < 4.78 is 25.2. The lowest BCUT2D eigenvalue weighted by Crippen LogP contribution is -2.25. The van der Waals surface area contributed by atoms with Gasteiger partial charge in [-0.3, -0.25) is 0 Å². The van der Waals surface area contributed by atoms with Gasteiger partial charge in [0.2, 0.25) is 10.0 Å². The van der Waals surface area contributed by atoms with Gasteiger partial charge in [0.25, 0.3) is 0 Å². The molecule has 0 radical (unpaired) electrons. The Bertz CT molecular complexity index is 763. The zero-order chi connectivity index (χ0) is 15.0. The van der Waals surface area contributed by atoms with Gasteiger partial charge in [0.1, 0.15) is 6.04 Å². The number of sulfonamides is 1. The van der Waals surface area contributed by atoms with Crippen LogP contribution in [0.1, 0.15) is 28.5 Å². The number of hydrogen-bond acceptors (Lipinski definition) is 4. The van der Waals surface area contributed by atoms with Crippen molar-refractivity contribution in [3.05, 3.63) is 57.8 Å². The lowest BCUT2D eigenvalue weighted by Gasteiger charge is -2.19. The van der Waals surface area contributed by atoms with Gasteiger partial charge >= 0.3 is 0 Å². The predicted octanol–water partition coefficient (Wildman–Crippen LogP) is 3.17. The molecule has 0 aliphatic carbocycles. The Morgan fingerprint density at radius 2 is 1.95 bits per heavy atom. The van der Waals surface area contributed by atoms with Crippen molar-refractivity contribution in [3.63, 3.8) is 0 Å². The first-order chi connectivity index (χ1) is 9.95. The van der Waals surface area contributed by atoms with Crippen LogP contribution in [0.5, 0.6) is 0 Å². The number of rotatable bonds is 3. The molecule has 6 heteroatoms. The first kappa shape index (κ1) is 14.3. The van der Waals surface area contributed by atoms with Crippen LogP contribution in [-0.4, -0.2) is 24.8 Å². The van der Waals surface area contributed by atoms with Crippen molar-refractivity contribution >= 4 is 27.1 Å². The lowest BCUT2D eigenvalue weighted by atomic mass is 10.0. The van der Waals surface area contributed by atoms with Crippen molar-refractivity contribution < 1.29 is 8.42 Å². The molecule has 1 aromatic carbocycles. The Balaban J connectivity index is 1.99. The zero-order valence-electron chi connectivity index (χ0n) is 11.9. The molecule has 1 aliphatic heterocycles. The van der Waals surface area contributed by atoms with E-state index in [1.807, 2.05) is 48.7 Å². The molecule has 1 aromatic heterocycles. The van der Waals surface area contributed by atoms with Gasteiger partial charge in [-0.2, -0.15) is 9.52 Å². The van der Waals surface area contributed by atoms with Crippen LogP contribution in [0.2, 0.25) is 0 Å². The van der Waals surface area contributed by atoms with Crippen molar-refractivity contribution in [2.45, 2.75) is 19.4 Å². The van der Waals surface area contributed by atoms with Gasteiger partial charge < -0.3 is 0 Å². The third-order valence-electron chi connectivity index (χ3n) is 3.47. The Morgan fingerprint density at radius 3 is 2.52 bits per heavy atom. The second-order valence-corrected chi connectivity index (χ2v) is 8.00. The quantitative estimate of drug-likeness (QED) is 0.872. The number of nitrogens with zero attached hydrogens (tertiary/aromatic N) is 2. The predicted molar refractivity (Wildman–Crippen MR) is 86.1 cm³/mol. The molecule has 3 rings (SSSR count). The average molecular weight is 320 g/mol. The van der Waals surface area contributed by atoms with Crippen molar-refractivity contribution in [2.24, 2.45) is 5.10 Å². The summed E-state index contributed by atoms with van der Waals surface area (Å²) in [5, 5.41) is 6.32. The number of hydrazone groups is 1. The molecule has 21 heavy (non-hydrogen) atoms. The maximum atomic E-state index is 12.0. The molecule has 0 N–H and O–H groups in total. The van der Waals surface area contributed by atoms with E-state index in [9.17, 15) is 8.42 Å². The highest BCUT2D eigenvalue weighted by Gasteiger charge is 2.34. The second-order valence-electron chi connectivity index (χ2n) is 5.18. The standard InChI is InChI=1S/C15H16N2O2S2/c1-11-5-7-12(8-6-11)13-10-14(15-4-3-9-20-15)17(16-13)21(2,18)19/h3-9,14H,10H2,1-2H3/t14-/m1/s1. The molecule has 0 fully saturated rings. The molecule has 0 amide bonds. The molecular formula is C15H16N2O2S2. The summed E-state index contributed by atoms with van der Waals surface area (Å²) >= 11 is 1.56. The van der Waals surface area contributed by atoms with Gasteiger partial charge in [0.05, 0.1) is 12.0 Å². The van der Waals surface area contributed by atoms with E-state index >= 15 is 0 Å². The molecular weight excluding hydrogens is 304 g/mol. The summed E-state index contributed by atoms with van der Waals surface area (Å²) in [5.41, 5.74) is 2.97. The van der Waals surface area contributed by atoms with Crippen LogP contribution in [0.25, 0.3) is 0 Å². The fourth-order valence-electron chi connectivity index (χ4n) is 2.41. The topological polar surface area (TPSA) is 49.7 Å². The Morgan fingerprint density at radius 1 is 1.24 bits per heavy atom. The van der Waals surface area contributed by atoms with Crippen LogP contribution in [0, 0.1) is 6.92 Å². The molecule has 0 bridgehead atoms. The van der Waals surface area contributed by atoms with Crippen LogP contribution >= 0.6 is 11.3 Å². The zero-order valence-corrected chi connectivity index (χ0v) is 13.5. The summed E-state index contributed by atoms with van der Waals surface area (Å²) in [6.07, 6.45) is 1.81. The van der Waals surface area contributed by atoms with Crippen molar-refractivity contribution in [1.29, 1.82) is 0 Å². The van der Waals surface area contributed by atoms with Gasteiger partial charge in [-0.15, -0.1) is 11.3 Å². The molecule has 0 saturated heterocycles. The van der Waals surface area contributed by atoms with Gasteiger partial charge in [-0.25, -0.2) is 8.42 Å². The van der Waals surface area contributed by atoms with Crippen LogP contribution in [0.3, 0.4) is 0 Å². The van der Waals surface area contributed by atoms with E-state index in [-0.39, 0.29) is 6.04 Å². The van der Waals surface area contributed by atoms with Crippen molar-refractivity contribution in [2.75, 3.05) is 6.26 Å². The SMILES string of the molecule is Cc1ccc(C2=NN(S(C)(=O)=O)[C@@H](c3cccs3)C2)cc1. The van der Waals surface area contributed by atoms with Gasteiger partial charge in [0, 0.05) is 11.3 Å². The highest BCUT2D eigenvalue weighted by atomic mass is 32.2. The van der Waals surface area contributed by atoms with Gasteiger partial charge in [-0.1, -0.05) is 35.9 Å². The molecule has 1 aliphatic rings. The molecule has 110 valence electrons. The number of benzene rings is 1. The normalized spacial score (nSPS) is 18.9.